The Kier molecular flexibility index (Phi) is 3.88. The molecule has 0 aromatic heterocycles. The average Bonchev–Trinajstić information content (AvgIpc) is 3.18. The van der Waals surface area contributed by atoms with Gasteiger partial charge in [0.05, 0.1) is 6.04 Å². The third-order valence-corrected chi connectivity index (χ3v) is 4.67. The van der Waals surface area contributed by atoms with Gasteiger partial charge in [-0.1, -0.05) is 30.7 Å². The van der Waals surface area contributed by atoms with Gasteiger partial charge in [0.1, 0.15) is 0 Å². The number of piperidine rings is 1. The Labute approximate surface area is 125 Å². The molecule has 1 aliphatic heterocycles. The first-order valence-corrected chi connectivity index (χ1v) is 7.85. The number of hydrogen-bond donors (Lipinski definition) is 1. The first kappa shape index (κ1) is 13.7. The van der Waals surface area contributed by atoms with Gasteiger partial charge >= 0.3 is 0 Å². The lowest BCUT2D eigenvalue weighted by Crippen LogP contribution is -2.42. The van der Waals surface area contributed by atoms with Crippen LogP contribution in [0.5, 0.6) is 0 Å². The van der Waals surface area contributed by atoms with E-state index in [-0.39, 0.29) is 0 Å². The second-order valence-corrected chi connectivity index (χ2v) is 6.56. The predicted octanol–water partition coefficient (Wildman–Crippen LogP) is 3.24. The van der Waals surface area contributed by atoms with E-state index in [1.165, 1.54) is 18.4 Å². The van der Waals surface area contributed by atoms with Crippen LogP contribution in [0.25, 0.3) is 0 Å². The van der Waals surface area contributed by atoms with Crippen molar-refractivity contribution < 1.29 is 0 Å². The molecule has 108 valence electrons. The Bertz CT molecular complexity index is 506. The van der Waals surface area contributed by atoms with E-state index in [1.54, 1.807) is 0 Å². The summed E-state index contributed by atoms with van der Waals surface area (Å²) in [6, 6.07) is 8.43. The summed E-state index contributed by atoms with van der Waals surface area (Å²) in [4.78, 5) is 6.93. The highest BCUT2D eigenvalue weighted by atomic mass is 35.5. The molecule has 2 unspecified atom stereocenters. The second kappa shape index (κ2) is 5.65. The number of aliphatic imine (C=N–C) groups is 1. The van der Waals surface area contributed by atoms with E-state index < -0.39 is 0 Å². The van der Waals surface area contributed by atoms with Crippen molar-refractivity contribution in [3.63, 3.8) is 0 Å². The molecule has 0 spiro atoms. The van der Waals surface area contributed by atoms with E-state index in [0.29, 0.717) is 12.0 Å². The van der Waals surface area contributed by atoms with Gasteiger partial charge < -0.3 is 10.6 Å². The smallest absolute Gasteiger partial charge is 0.191 e. The molecule has 0 radical (unpaired) electrons. The number of benzene rings is 1. The molecule has 3 nitrogen and oxygen atoms in total. The van der Waals surface area contributed by atoms with Crippen molar-refractivity contribution in [2.45, 2.75) is 38.1 Å². The molecule has 20 heavy (non-hydrogen) atoms. The molecule has 0 amide bonds. The van der Waals surface area contributed by atoms with E-state index in [0.717, 1.165) is 36.4 Å². The van der Waals surface area contributed by atoms with Gasteiger partial charge in [0.25, 0.3) is 0 Å². The van der Waals surface area contributed by atoms with Gasteiger partial charge in [0, 0.05) is 24.0 Å². The van der Waals surface area contributed by atoms with E-state index in [1.807, 2.05) is 18.2 Å². The fraction of sp³-hybridized carbons (Fsp3) is 0.562. The number of hydrogen-bond acceptors (Lipinski definition) is 1. The summed E-state index contributed by atoms with van der Waals surface area (Å²) < 4.78 is 0. The fourth-order valence-electron chi connectivity index (χ4n) is 2.91. The number of likely N-dealkylation sites (tertiary alicyclic amines) is 1. The molecule has 1 aromatic rings. The highest BCUT2D eigenvalue weighted by Crippen LogP contribution is 2.44. The van der Waals surface area contributed by atoms with Crippen LogP contribution in [0.4, 0.5) is 0 Å². The third-order valence-electron chi connectivity index (χ3n) is 4.44. The zero-order valence-corrected chi connectivity index (χ0v) is 12.7. The highest BCUT2D eigenvalue weighted by molar-refractivity contribution is 6.30. The summed E-state index contributed by atoms with van der Waals surface area (Å²) in [5, 5.41) is 0.801. The minimum atomic E-state index is 0.341. The molecule has 0 bridgehead atoms. The third kappa shape index (κ3) is 3.09. The number of guanidine groups is 1. The Balaban J connectivity index is 1.60. The molecule has 2 fully saturated rings. The van der Waals surface area contributed by atoms with Gasteiger partial charge in [-0.15, -0.1) is 0 Å². The Morgan fingerprint density at radius 3 is 2.80 bits per heavy atom. The maximum absolute atomic E-state index is 6.15. The van der Waals surface area contributed by atoms with Crippen LogP contribution in [-0.2, 0) is 0 Å². The molecule has 1 saturated carbocycles. The molecule has 1 heterocycles. The summed E-state index contributed by atoms with van der Waals surface area (Å²) in [5.74, 6) is 2.04. The van der Waals surface area contributed by atoms with Crippen molar-refractivity contribution >= 4 is 17.6 Å². The zero-order chi connectivity index (χ0) is 14.1. The van der Waals surface area contributed by atoms with Crippen LogP contribution in [0.15, 0.2) is 29.3 Å². The molecule has 1 aliphatic carbocycles. The number of nitrogens with zero attached hydrogens (tertiary/aromatic N) is 2. The van der Waals surface area contributed by atoms with Crippen LogP contribution in [-0.4, -0.2) is 30.0 Å². The van der Waals surface area contributed by atoms with Gasteiger partial charge in [-0.05, 0) is 42.9 Å². The molecule has 2 atom stereocenters. The quantitative estimate of drug-likeness (QED) is 0.671. The van der Waals surface area contributed by atoms with Gasteiger partial charge in [-0.2, -0.15) is 0 Å². The number of rotatable bonds is 2. The van der Waals surface area contributed by atoms with Crippen LogP contribution in [0.1, 0.15) is 37.7 Å². The fourth-order valence-corrected chi connectivity index (χ4v) is 3.11. The van der Waals surface area contributed by atoms with Crippen LogP contribution in [0.2, 0.25) is 5.02 Å². The maximum Gasteiger partial charge on any atom is 0.191 e. The van der Waals surface area contributed by atoms with Crippen molar-refractivity contribution in [3.8, 4) is 0 Å². The van der Waals surface area contributed by atoms with Gasteiger partial charge in [0.15, 0.2) is 5.96 Å². The van der Waals surface area contributed by atoms with E-state index in [9.17, 15) is 0 Å². The molecule has 1 saturated heterocycles. The lowest BCUT2D eigenvalue weighted by molar-refractivity contribution is 0.277. The Morgan fingerprint density at radius 2 is 2.10 bits per heavy atom. The monoisotopic (exact) mass is 291 g/mol. The molecular formula is C16H22ClN3. The van der Waals surface area contributed by atoms with Crippen molar-refractivity contribution in [2.24, 2.45) is 16.6 Å². The van der Waals surface area contributed by atoms with E-state index >= 15 is 0 Å². The SMILES string of the molecule is CC1CCN(C(N)=NC2CC2c2cccc(Cl)c2)CC1. The van der Waals surface area contributed by atoms with Crippen LogP contribution in [0, 0.1) is 5.92 Å². The number of halogens is 1. The summed E-state index contributed by atoms with van der Waals surface area (Å²) in [6.45, 7) is 4.40. The van der Waals surface area contributed by atoms with Crippen LogP contribution < -0.4 is 5.73 Å². The van der Waals surface area contributed by atoms with Crippen LogP contribution >= 0.6 is 11.6 Å². The molecule has 4 heteroatoms. The summed E-state index contributed by atoms with van der Waals surface area (Å²) in [7, 11) is 0. The number of nitrogens with two attached hydrogens (primary N) is 1. The second-order valence-electron chi connectivity index (χ2n) is 6.12. The average molecular weight is 292 g/mol. The van der Waals surface area contributed by atoms with Crippen molar-refractivity contribution in [1.29, 1.82) is 0 Å². The normalized spacial score (nSPS) is 27.7. The maximum atomic E-state index is 6.15. The first-order valence-electron chi connectivity index (χ1n) is 7.47. The van der Waals surface area contributed by atoms with E-state index in [2.05, 4.69) is 17.9 Å². The Hall–Kier alpha value is -1.22. The molecule has 2 N–H and O–H groups in total. The largest absolute Gasteiger partial charge is 0.370 e. The summed E-state index contributed by atoms with van der Waals surface area (Å²) >= 11 is 6.04. The summed E-state index contributed by atoms with van der Waals surface area (Å²) in [5.41, 5.74) is 7.44. The Morgan fingerprint density at radius 1 is 1.35 bits per heavy atom. The van der Waals surface area contributed by atoms with Gasteiger partial charge in [-0.25, -0.2) is 4.99 Å². The van der Waals surface area contributed by atoms with Crippen molar-refractivity contribution in [1.82, 2.24) is 4.90 Å². The minimum Gasteiger partial charge on any atom is -0.370 e. The molecule has 2 aliphatic rings. The van der Waals surface area contributed by atoms with Crippen molar-refractivity contribution in [3.05, 3.63) is 34.9 Å². The van der Waals surface area contributed by atoms with E-state index in [4.69, 9.17) is 22.3 Å². The molecular weight excluding hydrogens is 270 g/mol. The standard InChI is InChI=1S/C16H22ClN3/c1-11-5-7-20(8-6-11)16(18)19-15-10-14(15)12-3-2-4-13(17)9-12/h2-4,9,11,14-15H,5-8,10H2,1H3,(H2,18,19). The predicted molar refractivity (Wildman–Crippen MR) is 84.2 cm³/mol. The topological polar surface area (TPSA) is 41.6 Å². The lowest BCUT2D eigenvalue weighted by Gasteiger charge is -2.31. The first-order chi connectivity index (χ1) is 9.63. The van der Waals surface area contributed by atoms with Crippen LogP contribution in [0.3, 0.4) is 0 Å². The lowest BCUT2D eigenvalue weighted by atomic mass is 10.00. The minimum absolute atomic E-state index is 0.341. The summed E-state index contributed by atoms with van der Waals surface area (Å²) in [6.07, 6.45) is 3.53. The highest BCUT2D eigenvalue weighted by Gasteiger charge is 2.39. The zero-order valence-electron chi connectivity index (χ0n) is 11.9. The molecule has 3 rings (SSSR count). The van der Waals surface area contributed by atoms with Crippen molar-refractivity contribution in [2.75, 3.05) is 13.1 Å². The van der Waals surface area contributed by atoms with Gasteiger partial charge in [0.2, 0.25) is 0 Å². The van der Waals surface area contributed by atoms with Gasteiger partial charge in [-0.3, -0.25) is 0 Å². The molecule has 1 aromatic carbocycles.